The second-order valence-electron chi connectivity index (χ2n) is 5.57. The summed E-state index contributed by atoms with van der Waals surface area (Å²) in [6.07, 6.45) is 4.17. The van der Waals surface area contributed by atoms with Crippen LogP contribution in [0.5, 0.6) is 0 Å². The molecule has 6 heteroatoms. The molecule has 2 N–H and O–H groups in total. The van der Waals surface area contributed by atoms with Gasteiger partial charge in [0.25, 0.3) is 0 Å². The Morgan fingerprint density at radius 2 is 2.26 bits per heavy atom. The third-order valence-electron chi connectivity index (χ3n) is 4.16. The molecule has 0 radical (unpaired) electrons. The van der Waals surface area contributed by atoms with Gasteiger partial charge in [0.15, 0.2) is 5.49 Å². The minimum Gasteiger partial charge on any atom is -0.357 e. The van der Waals surface area contributed by atoms with Crippen molar-refractivity contribution in [2.75, 3.05) is 11.9 Å². The number of aromatic nitrogens is 1. The Morgan fingerprint density at radius 3 is 3.04 bits per heavy atom. The van der Waals surface area contributed by atoms with Crippen molar-refractivity contribution >= 4 is 17.3 Å². The number of carbonyl (C=O) groups excluding carboxylic acids is 1. The lowest BCUT2D eigenvalue weighted by Crippen LogP contribution is -2.39. The number of nitrogens with zero attached hydrogens (tertiary/aromatic N) is 2. The van der Waals surface area contributed by atoms with Crippen LogP contribution in [0.25, 0.3) is 5.70 Å². The monoisotopic (exact) mass is 310 g/mol. The van der Waals surface area contributed by atoms with Crippen LogP contribution >= 0.6 is 0 Å². The van der Waals surface area contributed by atoms with E-state index >= 15 is 0 Å². The lowest BCUT2D eigenvalue weighted by atomic mass is 10.0. The lowest BCUT2D eigenvalue weighted by Gasteiger charge is -2.28. The van der Waals surface area contributed by atoms with E-state index in [2.05, 4.69) is 15.3 Å². The van der Waals surface area contributed by atoms with E-state index in [0.717, 1.165) is 28.5 Å². The topological polar surface area (TPSA) is 60.5 Å². The molecule has 3 heterocycles. The van der Waals surface area contributed by atoms with Gasteiger partial charge in [0.2, 0.25) is 5.91 Å². The number of rotatable bonds is 1. The van der Waals surface area contributed by atoms with Crippen LogP contribution in [-0.4, -0.2) is 22.3 Å². The predicted octanol–water partition coefficient (Wildman–Crippen LogP) is 1.23. The van der Waals surface area contributed by atoms with Gasteiger partial charge in [-0.15, -0.1) is 0 Å². The molecule has 2 aromatic rings. The first-order valence-corrected chi connectivity index (χ1v) is 7.44. The summed E-state index contributed by atoms with van der Waals surface area (Å²) in [5, 5.41) is 4.02. The summed E-state index contributed by atoms with van der Waals surface area (Å²) >= 11 is 0. The summed E-state index contributed by atoms with van der Waals surface area (Å²) in [6.45, 7) is 2.08. The minimum absolute atomic E-state index is 0.0643. The average molecular weight is 310 g/mol. The maximum absolute atomic E-state index is 13.7. The fourth-order valence-electron chi connectivity index (χ4n) is 3.18. The summed E-state index contributed by atoms with van der Waals surface area (Å²) in [7, 11) is 0. The molecule has 0 bridgehead atoms. The zero-order chi connectivity index (χ0) is 16.0. The van der Waals surface area contributed by atoms with E-state index in [0.29, 0.717) is 17.8 Å². The molecule has 0 aliphatic carbocycles. The van der Waals surface area contributed by atoms with E-state index in [1.807, 2.05) is 6.07 Å². The summed E-state index contributed by atoms with van der Waals surface area (Å²) in [6, 6.07) is 6.30. The van der Waals surface area contributed by atoms with Gasteiger partial charge in [-0.2, -0.15) is 0 Å². The standard InChI is InChI=1S/C17H15FN4O/c1-10(23)22-8-5-13-14(21-17-15(13)19-6-7-20-17)16(22)11-3-2-4-12(18)9-11/h2-4,6-7,9,19H,5,8H2,1H3,(H,20,21). The highest BCUT2D eigenvalue weighted by molar-refractivity contribution is 5.86. The third-order valence-corrected chi connectivity index (χ3v) is 4.16. The van der Waals surface area contributed by atoms with Crippen molar-refractivity contribution in [1.82, 2.24) is 9.88 Å². The van der Waals surface area contributed by atoms with E-state index < -0.39 is 0 Å². The average Bonchev–Trinajstić information content (AvgIpc) is 2.92. The number of H-pyrrole nitrogens is 1. The number of fused-ring (bicyclic) bond motifs is 3. The minimum atomic E-state index is -0.327. The molecule has 0 unspecified atom stereocenters. The lowest BCUT2D eigenvalue weighted by molar-refractivity contribution is -0.125. The third kappa shape index (κ3) is 2.14. The van der Waals surface area contributed by atoms with E-state index in [9.17, 15) is 9.18 Å². The van der Waals surface area contributed by atoms with Crippen molar-refractivity contribution in [1.29, 1.82) is 0 Å². The Hall–Kier alpha value is -2.89. The number of halogens is 1. The van der Waals surface area contributed by atoms with Gasteiger partial charge >= 0.3 is 0 Å². The number of hydrogen-bond acceptors (Lipinski definition) is 3. The van der Waals surface area contributed by atoms with Gasteiger partial charge < -0.3 is 15.2 Å². The number of carbonyl (C=O) groups is 1. The highest BCUT2D eigenvalue weighted by Crippen LogP contribution is 2.23. The highest BCUT2D eigenvalue weighted by atomic mass is 19.1. The summed E-state index contributed by atoms with van der Waals surface area (Å²) in [5.41, 5.74) is 4.11. The second-order valence-corrected chi connectivity index (χ2v) is 5.57. The normalized spacial score (nSPS) is 15.6. The zero-order valence-corrected chi connectivity index (χ0v) is 12.6. The van der Waals surface area contributed by atoms with Crippen LogP contribution in [0.2, 0.25) is 0 Å². The Balaban J connectivity index is 2.07. The van der Waals surface area contributed by atoms with Crippen LogP contribution in [-0.2, 0) is 11.2 Å². The first-order valence-electron chi connectivity index (χ1n) is 7.44. The molecule has 0 spiro atoms. The van der Waals surface area contributed by atoms with Crippen LogP contribution in [0.3, 0.4) is 0 Å². The molecule has 1 aromatic heterocycles. The molecule has 5 nitrogen and oxygen atoms in total. The first kappa shape index (κ1) is 13.8. The van der Waals surface area contributed by atoms with Gasteiger partial charge in [0, 0.05) is 37.0 Å². The van der Waals surface area contributed by atoms with E-state index in [-0.39, 0.29) is 11.7 Å². The molecule has 4 rings (SSSR count). The molecule has 2 aliphatic heterocycles. The van der Waals surface area contributed by atoms with E-state index in [4.69, 9.17) is 0 Å². The van der Waals surface area contributed by atoms with Crippen LogP contribution in [0.4, 0.5) is 10.1 Å². The molecule has 1 amide bonds. The number of aromatic amines is 1. The molecular weight excluding hydrogens is 295 g/mol. The Morgan fingerprint density at radius 1 is 1.39 bits per heavy atom. The predicted molar refractivity (Wildman–Crippen MR) is 84.3 cm³/mol. The maximum atomic E-state index is 13.7. The van der Waals surface area contributed by atoms with Gasteiger partial charge in [0.1, 0.15) is 5.82 Å². The quantitative estimate of drug-likeness (QED) is 0.832. The molecule has 0 atom stereocenters. The molecule has 0 fully saturated rings. The maximum Gasteiger partial charge on any atom is 0.223 e. The van der Waals surface area contributed by atoms with Gasteiger partial charge in [-0.1, -0.05) is 12.1 Å². The zero-order valence-electron chi connectivity index (χ0n) is 12.6. The van der Waals surface area contributed by atoms with Crippen molar-refractivity contribution in [3.05, 3.63) is 64.4 Å². The fourth-order valence-corrected chi connectivity index (χ4v) is 3.18. The van der Waals surface area contributed by atoms with Crippen molar-refractivity contribution in [2.24, 2.45) is 4.99 Å². The van der Waals surface area contributed by atoms with Crippen molar-refractivity contribution in [2.45, 2.75) is 13.3 Å². The second kappa shape index (κ2) is 5.08. The number of benzene rings is 1. The summed E-state index contributed by atoms with van der Waals surface area (Å²) in [4.78, 5) is 21.4. The molecule has 116 valence electrons. The molecule has 23 heavy (non-hydrogen) atoms. The molecule has 0 saturated carbocycles. The number of amides is 1. The SMILES string of the molecule is CC(=O)N1CCc2c3c([nH]c2=C1c1cccc(F)c1)=NC=CN3. The van der Waals surface area contributed by atoms with Crippen LogP contribution in [0, 0.1) is 5.82 Å². The van der Waals surface area contributed by atoms with Crippen molar-refractivity contribution < 1.29 is 9.18 Å². The Labute approximate surface area is 131 Å². The number of hydrogen-bond donors (Lipinski definition) is 2. The molecular formula is C17H15FN4O. The molecule has 0 saturated heterocycles. The summed E-state index contributed by atoms with van der Waals surface area (Å²) < 4.78 is 13.7. The largest absolute Gasteiger partial charge is 0.357 e. The van der Waals surface area contributed by atoms with Gasteiger partial charge in [-0.25, -0.2) is 9.38 Å². The fraction of sp³-hybridized carbons (Fsp3) is 0.176. The smallest absolute Gasteiger partial charge is 0.223 e. The Kier molecular flexibility index (Phi) is 3.04. The Bertz CT molecular complexity index is 957. The molecule has 1 aromatic carbocycles. The van der Waals surface area contributed by atoms with Crippen LogP contribution < -0.4 is 16.2 Å². The van der Waals surface area contributed by atoms with Gasteiger partial charge in [-0.05, 0) is 18.6 Å². The van der Waals surface area contributed by atoms with Crippen LogP contribution in [0.15, 0.2) is 41.7 Å². The first-order chi connectivity index (χ1) is 11.1. The van der Waals surface area contributed by atoms with Crippen molar-refractivity contribution in [3.8, 4) is 0 Å². The summed E-state index contributed by atoms with van der Waals surface area (Å²) in [5.74, 6) is -0.392. The number of anilines is 1. The van der Waals surface area contributed by atoms with E-state index in [1.165, 1.54) is 19.1 Å². The highest BCUT2D eigenvalue weighted by Gasteiger charge is 2.26. The van der Waals surface area contributed by atoms with Crippen molar-refractivity contribution in [3.63, 3.8) is 0 Å². The van der Waals surface area contributed by atoms with Gasteiger partial charge in [-0.3, -0.25) is 4.79 Å². The van der Waals surface area contributed by atoms with Crippen LogP contribution in [0.1, 0.15) is 18.1 Å². The number of nitrogens with one attached hydrogen (secondary N) is 2. The van der Waals surface area contributed by atoms with Gasteiger partial charge in [0.05, 0.1) is 16.7 Å². The molecule has 2 aliphatic rings. The van der Waals surface area contributed by atoms with E-state index in [1.54, 1.807) is 23.4 Å².